The summed E-state index contributed by atoms with van der Waals surface area (Å²) >= 11 is 0. The van der Waals surface area contributed by atoms with Crippen LogP contribution in [0.15, 0.2) is 156 Å². The van der Waals surface area contributed by atoms with E-state index in [2.05, 4.69) is 79.7 Å². The lowest BCUT2D eigenvalue weighted by Gasteiger charge is -2.02. The number of rotatable bonds is 4. The number of fused-ring (bicyclic) bond motifs is 3. The van der Waals surface area contributed by atoms with Crippen molar-refractivity contribution >= 4 is 27.8 Å². The van der Waals surface area contributed by atoms with Gasteiger partial charge in [0.2, 0.25) is 0 Å². The van der Waals surface area contributed by atoms with Crippen LogP contribution < -0.4 is 11.5 Å². The van der Waals surface area contributed by atoms with E-state index in [4.69, 9.17) is 21.3 Å². The maximum Gasteiger partial charge on any atom is 0.135 e. The Kier molecular flexibility index (Phi) is 9.42. The zero-order valence-electron chi connectivity index (χ0n) is 24.2. The second-order valence-electron chi connectivity index (χ2n) is 10.2. The van der Waals surface area contributed by atoms with Crippen molar-refractivity contribution in [3.05, 3.63) is 168 Å². The first kappa shape index (κ1) is 29.1. The van der Waals surface area contributed by atoms with Gasteiger partial charge in [-0.1, -0.05) is 139 Å². The van der Waals surface area contributed by atoms with Crippen molar-refractivity contribution in [1.82, 2.24) is 0 Å². The van der Waals surface area contributed by atoms with Crippen LogP contribution >= 0.6 is 0 Å². The molecule has 43 heavy (non-hydrogen) atoms. The number of hydrogen-bond acceptors (Lipinski definition) is 3. The maximum atomic E-state index is 7.29. The summed E-state index contributed by atoms with van der Waals surface area (Å²) in [6.07, 6.45) is 0. The molecule has 0 saturated heterocycles. The number of nitrogens with one attached hydrogen (secondary N) is 1. The van der Waals surface area contributed by atoms with Gasteiger partial charge in [-0.15, -0.1) is 0 Å². The van der Waals surface area contributed by atoms with Gasteiger partial charge in [0, 0.05) is 22.9 Å². The lowest BCUT2D eigenvalue weighted by atomic mass is 10.0. The average molecular weight is 562 g/mol. The number of para-hydroxylation sites is 1. The summed E-state index contributed by atoms with van der Waals surface area (Å²) in [5, 5.41) is 9.59. The number of hydrogen-bond donors (Lipinski definition) is 3. The summed E-state index contributed by atoms with van der Waals surface area (Å²) in [6.45, 7) is 2.67. The fraction of sp³-hybridized carbons (Fsp3) is 0.0513. The number of nitrogen functional groups attached to an aromatic ring is 1. The molecule has 0 spiro atoms. The SMILES string of the molecule is Cc1ccc(-c2ccccc2)cc1.N=C(N)c1ccc(-c2ccccc2)cc1.NCc1ccc2oc3ccccc3c2c1. The minimum atomic E-state index is 0.106. The molecule has 212 valence electrons. The highest BCUT2D eigenvalue weighted by Gasteiger charge is 2.05. The Hall–Kier alpha value is -5.45. The molecule has 0 unspecified atom stereocenters. The number of nitrogens with two attached hydrogens (primary N) is 2. The highest BCUT2D eigenvalue weighted by Crippen LogP contribution is 2.29. The molecule has 7 aromatic rings. The van der Waals surface area contributed by atoms with Crippen LogP contribution in [0.1, 0.15) is 16.7 Å². The van der Waals surface area contributed by atoms with Crippen molar-refractivity contribution in [1.29, 1.82) is 5.41 Å². The molecule has 4 heteroatoms. The Balaban J connectivity index is 0.000000129. The third kappa shape index (κ3) is 7.45. The largest absolute Gasteiger partial charge is 0.456 e. The minimum absolute atomic E-state index is 0.106. The summed E-state index contributed by atoms with van der Waals surface area (Å²) in [4.78, 5) is 0. The molecule has 0 aliphatic rings. The Morgan fingerprint density at radius 1 is 0.558 bits per heavy atom. The van der Waals surface area contributed by atoms with Gasteiger partial charge in [0.05, 0.1) is 0 Å². The molecule has 0 amide bonds. The highest BCUT2D eigenvalue weighted by atomic mass is 16.3. The van der Waals surface area contributed by atoms with Gasteiger partial charge in [-0.05, 0) is 52.9 Å². The molecule has 0 atom stereocenters. The summed E-state index contributed by atoms with van der Waals surface area (Å²) < 4.78 is 5.71. The molecule has 0 fully saturated rings. The predicted octanol–water partition coefficient (Wildman–Crippen LogP) is 9.34. The summed E-state index contributed by atoms with van der Waals surface area (Å²) in [6, 6.07) is 51.0. The van der Waals surface area contributed by atoms with E-state index in [1.54, 1.807) is 0 Å². The van der Waals surface area contributed by atoms with Crippen LogP contribution in [-0.2, 0) is 6.54 Å². The third-order valence-electron chi connectivity index (χ3n) is 7.14. The third-order valence-corrected chi connectivity index (χ3v) is 7.14. The van der Waals surface area contributed by atoms with Gasteiger partial charge in [0.1, 0.15) is 17.0 Å². The standard InChI is InChI=1S/C13H12N2.C13H11NO.C13H12/c14-13(15)12-8-6-11(7-9-12)10-4-2-1-3-5-10;14-8-9-5-6-13-11(7-9)10-3-1-2-4-12(10)15-13;1-11-7-9-13(10-8-11)12-5-3-2-4-6-12/h1-9H,(H3,14,15);1-7H,8,14H2;2-10H,1H3. The van der Waals surface area contributed by atoms with Crippen LogP contribution in [0.3, 0.4) is 0 Å². The number of benzene rings is 6. The van der Waals surface area contributed by atoms with Crippen LogP contribution in [0.5, 0.6) is 0 Å². The van der Waals surface area contributed by atoms with Crippen LogP contribution in [-0.4, -0.2) is 5.84 Å². The van der Waals surface area contributed by atoms with Gasteiger partial charge in [-0.25, -0.2) is 0 Å². The van der Waals surface area contributed by atoms with Crippen LogP contribution in [0.4, 0.5) is 0 Å². The van der Waals surface area contributed by atoms with E-state index < -0.39 is 0 Å². The first-order chi connectivity index (χ1) is 21.0. The Morgan fingerprint density at radius 3 is 1.60 bits per heavy atom. The second kappa shape index (κ2) is 13.9. The van der Waals surface area contributed by atoms with E-state index in [-0.39, 0.29) is 5.84 Å². The Labute approximate surface area is 252 Å². The minimum Gasteiger partial charge on any atom is -0.456 e. The number of furan rings is 1. The topological polar surface area (TPSA) is 89.0 Å². The summed E-state index contributed by atoms with van der Waals surface area (Å²) in [5.41, 5.74) is 20.9. The number of amidine groups is 1. The van der Waals surface area contributed by atoms with Gasteiger partial charge < -0.3 is 15.9 Å². The molecule has 0 radical (unpaired) electrons. The van der Waals surface area contributed by atoms with E-state index in [1.807, 2.05) is 78.9 Å². The van der Waals surface area contributed by atoms with Crippen molar-refractivity contribution in [2.24, 2.45) is 11.5 Å². The van der Waals surface area contributed by atoms with Gasteiger partial charge in [0.15, 0.2) is 0 Å². The monoisotopic (exact) mass is 561 g/mol. The lowest BCUT2D eigenvalue weighted by Crippen LogP contribution is -2.10. The zero-order valence-corrected chi connectivity index (χ0v) is 24.2. The van der Waals surface area contributed by atoms with Gasteiger partial charge in [0.25, 0.3) is 0 Å². The van der Waals surface area contributed by atoms with Crippen molar-refractivity contribution in [2.75, 3.05) is 0 Å². The summed E-state index contributed by atoms with van der Waals surface area (Å²) in [7, 11) is 0. The molecular formula is C39H35N3O. The fourth-order valence-electron chi connectivity index (χ4n) is 4.75. The highest BCUT2D eigenvalue weighted by molar-refractivity contribution is 6.05. The molecule has 5 N–H and O–H groups in total. The quantitative estimate of drug-likeness (QED) is 0.148. The fourth-order valence-corrected chi connectivity index (χ4v) is 4.75. The second-order valence-corrected chi connectivity index (χ2v) is 10.2. The molecule has 7 rings (SSSR count). The normalized spacial score (nSPS) is 10.4. The molecule has 1 heterocycles. The smallest absolute Gasteiger partial charge is 0.135 e. The maximum absolute atomic E-state index is 7.29. The van der Waals surface area contributed by atoms with Crippen LogP contribution in [0.25, 0.3) is 44.2 Å². The van der Waals surface area contributed by atoms with Gasteiger partial charge in [-0.2, -0.15) is 0 Å². The molecule has 0 aliphatic carbocycles. The van der Waals surface area contributed by atoms with E-state index in [0.717, 1.165) is 38.6 Å². The van der Waals surface area contributed by atoms with Crippen molar-refractivity contribution in [2.45, 2.75) is 13.5 Å². The first-order valence-electron chi connectivity index (χ1n) is 14.2. The van der Waals surface area contributed by atoms with E-state index in [1.165, 1.54) is 22.3 Å². The van der Waals surface area contributed by atoms with Crippen LogP contribution in [0, 0.1) is 12.3 Å². The molecule has 0 bridgehead atoms. The zero-order chi connectivity index (χ0) is 30.0. The molecule has 0 saturated carbocycles. The van der Waals surface area contributed by atoms with Gasteiger partial charge >= 0.3 is 0 Å². The molecule has 0 aliphatic heterocycles. The Morgan fingerprint density at radius 2 is 1.05 bits per heavy atom. The van der Waals surface area contributed by atoms with Crippen molar-refractivity contribution in [3.8, 4) is 22.3 Å². The lowest BCUT2D eigenvalue weighted by molar-refractivity contribution is 0.669. The van der Waals surface area contributed by atoms with Crippen molar-refractivity contribution in [3.63, 3.8) is 0 Å². The van der Waals surface area contributed by atoms with Gasteiger partial charge in [-0.3, -0.25) is 5.41 Å². The summed E-state index contributed by atoms with van der Waals surface area (Å²) in [5.74, 6) is 0.106. The average Bonchev–Trinajstić information content (AvgIpc) is 3.44. The molecule has 1 aromatic heterocycles. The van der Waals surface area contributed by atoms with E-state index in [0.29, 0.717) is 6.54 Å². The van der Waals surface area contributed by atoms with Crippen LogP contribution in [0.2, 0.25) is 0 Å². The molecule has 4 nitrogen and oxygen atoms in total. The van der Waals surface area contributed by atoms with E-state index >= 15 is 0 Å². The predicted molar refractivity (Wildman–Crippen MR) is 181 cm³/mol. The number of aryl methyl sites for hydroxylation is 1. The Bertz CT molecular complexity index is 1910. The molecular weight excluding hydrogens is 526 g/mol. The van der Waals surface area contributed by atoms with Crippen molar-refractivity contribution < 1.29 is 4.42 Å². The first-order valence-corrected chi connectivity index (χ1v) is 14.2. The van der Waals surface area contributed by atoms with E-state index in [9.17, 15) is 0 Å². The molecule has 6 aromatic carbocycles.